The van der Waals surface area contributed by atoms with Crippen molar-refractivity contribution in [2.75, 3.05) is 5.88 Å². The molecule has 0 atom stereocenters. The zero-order chi connectivity index (χ0) is 16.1. The van der Waals surface area contributed by atoms with Crippen LogP contribution in [-0.4, -0.2) is 23.4 Å². The van der Waals surface area contributed by atoms with Crippen LogP contribution in [0.2, 0.25) is 0 Å². The average molecular weight is 332 g/mol. The molecule has 2 aliphatic rings. The van der Waals surface area contributed by atoms with Crippen molar-refractivity contribution < 1.29 is 43.2 Å². The molecular weight excluding hydrogens is 296 g/mol. The zero-order valence-electron chi connectivity index (χ0n) is 17.1. The van der Waals surface area contributed by atoms with Gasteiger partial charge >= 0.3 is 37.7 Å². The molecule has 5 heteroatoms. The summed E-state index contributed by atoms with van der Waals surface area (Å²) in [4.78, 5) is 0. The molecule has 0 spiro atoms. The van der Waals surface area contributed by atoms with E-state index >= 15 is 0 Å². The summed E-state index contributed by atoms with van der Waals surface area (Å²) >= 11 is 5.24. The van der Waals surface area contributed by atoms with Gasteiger partial charge < -0.3 is 16.7 Å². The minimum Gasteiger partial charge on any atom is -0.658 e. The molecule has 0 radical (unpaired) electrons. The number of allylic oxidation sites excluding steroid dienone is 3. The van der Waals surface area contributed by atoms with Gasteiger partial charge in [0.15, 0.2) is 0 Å². The van der Waals surface area contributed by atoms with Crippen molar-refractivity contribution in [1.82, 2.24) is 0 Å². The Labute approximate surface area is 174 Å². The summed E-state index contributed by atoms with van der Waals surface area (Å²) in [7, 11) is 0. The van der Waals surface area contributed by atoms with Crippen LogP contribution in [0.4, 0.5) is 0 Å². The van der Waals surface area contributed by atoms with E-state index in [4.69, 9.17) is 11.6 Å². The minimum absolute atomic E-state index is 0. The first-order valence-electron chi connectivity index (χ1n) is 7.56. The van der Waals surface area contributed by atoms with E-state index in [1.807, 2.05) is 6.92 Å². The molecule has 0 unspecified atom stereocenters. The van der Waals surface area contributed by atoms with Gasteiger partial charge in [-0.25, -0.2) is 12.8 Å². The Kier molecular flexibility index (Phi) is 34.9. The third-order valence-corrected chi connectivity index (χ3v) is 2.64. The molecule has 0 heterocycles. The quantitative estimate of drug-likeness (QED) is 0.299. The van der Waals surface area contributed by atoms with E-state index in [1.165, 1.54) is 19.3 Å². The smallest absolute Gasteiger partial charge is 0.658 e. The summed E-state index contributed by atoms with van der Waals surface area (Å²) in [5.41, 5.74) is 2.56. The molecule has 2 aliphatic carbocycles. The molecule has 0 aliphatic heterocycles. The number of nitrogens with zero attached hydrogens (tertiary/aromatic N) is 1. The summed E-state index contributed by atoms with van der Waals surface area (Å²) in [5.74, 6) is 2.25. The van der Waals surface area contributed by atoms with Crippen LogP contribution in [-0.2, 0) is 0 Å². The van der Waals surface area contributed by atoms with E-state index in [9.17, 15) is 0 Å². The molecule has 0 aromatic rings. The SMILES string of the molecule is C=C(C)CCl.CC(C)[N-]C(C)C.CC1=CC1.C[C-]1CC1.O.[Li+].[Li+]. The molecule has 0 bridgehead atoms. The predicted molar refractivity (Wildman–Crippen MR) is 99.3 cm³/mol. The molecule has 2 rings (SSSR count). The van der Waals surface area contributed by atoms with E-state index in [-0.39, 0.29) is 43.2 Å². The standard InChI is InChI=1S/C6H14N.C4H7Cl.C4H7.C4H6.2Li.H2O/c1-5(2)7-6(3)4;1-4(2)3-5;2*1-4-2-3-4;;;/h5-6H,1-4H3;1,3H2,2H3;2-3H2,1H3;2H,3H2,1H3;;;1H2/q-1;;-1;;2*+1;. The van der Waals surface area contributed by atoms with Crippen molar-refractivity contribution in [2.45, 2.75) is 79.8 Å². The first-order chi connectivity index (χ1) is 9.18. The molecule has 0 aromatic heterocycles. The molecule has 1 fully saturated rings. The average Bonchev–Trinajstić information content (AvgIpc) is 3.20. The maximum absolute atomic E-state index is 5.24. The second kappa shape index (κ2) is 22.9. The maximum atomic E-state index is 5.24. The van der Waals surface area contributed by atoms with Crippen molar-refractivity contribution in [2.24, 2.45) is 0 Å². The summed E-state index contributed by atoms with van der Waals surface area (Å²) in [5, 5.41) is 4.28. The van der Waals surface area contributed by atoms with Crippen molar-refractivity contribution in [3.63, 3.8) is 0 Å². The molecule has 2 N–H and O–H groups in total. The number of hydrogen-bond acceptors (Lipinski definition) is 0. The van der Waals surface area contributed by atoms with Crippen LogP contribution in [0.15, 0.2) is 23.8 Å². The molecule has 0 amide bonds. The first kappa shape index (κ1) is 35.1. The van der Waals surface area contributed by atoms with E-state index in [0.717, 1.165) is 5.57 Å². The number of halogens is 1. The monoisotopic (exact) mass is 331 g/mol. The third kappa shape index (κ3) is 60.1. The Balaban J connectivity index is -0.0000000611. The summed E-state index contributed by atoms with van der Waals surface area (Å²) in [6.07, 6.45) is 6.29. The van der Waals surface area contributed by atoms with Gasteiger partial charge in [-0.3, -0.25) is 0 Å². The fourth-order valence-corrected chi connectivity index (χ4v) is 0.823. The second-order valence-electron chi connectivity index (χ2n) is 6.14. The van der Waals surface area contributed by atoms with Crippen LogP contribution in [0, 0.1) is 5.92 Å². The Morgan fingerprint density at radius 2 is 1.43 bits per heavy atom. The van der Waals surface area contributed by atoms with Gasteiger partial charge in [-0.15, -0.1) is 23.7 Å². The summed E-state index contributed by atoms with van der Waals surface area (Å²) in [6, 6.07) is 1.000. The Hall–Kier alpha value is 0.885. The number of hydrogen-bond donors (Lipinski definition) is 0. The van der Waals surface area contributed by atoms with Crippen molar-refractivity contribution >= 4 is 11.6 Å². The normalized spacial score (nSPS) is 13.0. The van der Waals surface area contributed by atoms with Gasteiger partial charge in [0.2, 0.25) is 0 Å². The fraction of sp³-hybridized carbons (Fsp3) is 0.722. The topological polar surface area (TPSA) is 45.6 Å². The van der Waals surface area contributed by atoms with Gasteiger partial charge in [0.1, 0.15) is 0 Å². The molecule has 0 aromatic carbocycles. The van der Waals surface area contributed by atoms with E-state index in [1.54, 1.807) is 11.5 Å². The van der Waals surface area contributed by atoms with Crippen molar-refractivity contribution in [3.05, 3.63) is 35.0 Å². The van der Waals surface area contributed by atoms with Crippen LogP contribution in [0.1, 0.15) is 67.7 Å². The van der Waals surface area contributed by atoms with Crippen LogP contribution < -0.4 is 37.7 Å². The molecule has 1 saturated carbocycles. The molecule has 0 saturated heterocycles. The van der Waals surface area contributed by atoms with Gasteiger partial charge in [0, 0.05) is 5.88 Å². The first-order valence-corrected chi connectivity index (χ1v) is 8.09. The van der Waals surface area contributed by atoms with E-state index in [2.05, 4.69) is 59.5 Å². The Bertz CT molecular complexity index is 272. The van der Waals surface area contributed by atoms with Gasteiger partial charge in [0.25, 0.3) is 0 Å². The van der Waals surface area contributed by atoms with Crippen LogP contribution in [0.3, 0.4) is 0 Å². The maximum Gasteiger partial charge on any atom is 1.00 e. The van der Waals surface area contributed by atoms with Gasteiger partial charge in [-0.05, 0) is 20.3 Å². The molecule has 128 valence electrons. The molecule has 2 nitrogen and oxygen atoms in total. The minimum atomic E-state index is 0. The number of rotatable bonds is 3. The van der Waals surface area contributed by atoms with Crippen LogP contribution in [0.5, 0.6) is 0 Å². The third-order valence-electron chi connectivity index (χ3n) is 2.19. The Morgan fingerprint density at radius 1 is 1.22 bits per heavy atom. The van der Waals surface area contributed by atoms with Crippen molar-refractivity contribution in [3.8, 4) is 0 Å². The summed E-state index contributed by atoms with van der Waals surface area (Å²) in [6.45, 7) is 18.2. The molecule has 23 heavy (non-hydrogen) atoms. The molecular formula is C18H36ClLi2NO. The van der Waals surface area contributed by atoms with E-state index in [0.29, 0.717) is 18.0 Å². The summed E-state index contributed by atoms with van der Waals surface area (Å²) < 4.78 is 0. The van der Waals surface area contributed by atoms with Crippen molar-refractivity contribution in [1.29, 1.82) is 0 Å². The van der Waals surface area contributed by atoms with E-state index < -0.39 is 0 Å². The van der Waals surface area contributed by atoms with Crippen LogP contribution >= 0.6 is 11.6 Å². The predicted octanol–water partition coefficient (Wildman–Crippen LogP) is -0.128. The van der Waals surface area contributed by atoms with Gasteiger partial charge in [-0.2, -0.15) is 6.92 Å². The largest absolute Gasteiger partial charge is 1.00 e. The van der Waals surface area contributed by atoms with Gasteiger partial charge in [-0.1, -0.05) is 51.5 Å². The fourth-order valence-electron chi connectivity index (χ4n) is 0.823. The van der Waals surface area contributed by atoms with Gasteiger partial charge in [0.05, 0.1) is 0 Å². The van der Waals surface area contributed by atoms with Crippen LogP contribution in [0.25, 0.3) is 5.32 Å². The Morgan fingerprint density at radius 3 is 1.43 bits per heavy atom. The number of alkyl halides is 1. The zero-order valence-corrected chi connectivity index (χ0v) is 17.8. The second-order valence-corrected chi connectivity index (χ2v) is 6.41.